The van der Waals surface area contributed by atoms with E-state index in [1.165, 1.54) is 19.3 Å². The molecular formula is C21H25ClN4O2. The van der Waals surface area contributed by atoms with Crippen LogP contribution in [-0.2, 0) is 4.79 Å². The van der Waals surface area contributed by atoms with Crippen molar-refractivity contribution < 1.29 is 9.59 Å². The maximum absolute atomic E-state index is 12.1. The monoisotopic (exact) mass is 400 g/mol. The van der Waals surface area contributed by atoms with Gasteiger partial charge in [-0.05, 0) is 49.6 Å². The number of hydrogen-bond acceptors (Lipinski definition) is 3. The van der Waals surface area contributed by atoms with Crippen LogP contribution >= 0.6 is 11.6 Å². The zero-order valence-electron chi connectivity index (χ0n) is 15.7. The molecule has 1 aliphatic rings. The van der Waals surface area contributed by atoms with Gasteiger partial charge in [0.05, 0.1) is 10.7 Å². The highest BCUT2D eigenvalue weighted by molar-refractivity contribution is 6.33. The van der Waals surface area contributed by atoms with Crippen LogP contribution in [0.4, 0.5) is 21.9 Å². The summed E-state index contributed by atoms with van der Waals surface area (Å²) in [6, 6.07) is 14.4. The molecule has 0 spiro atoms. The molecule has 0 aromatic heterocycles. The lowest BCUT2D eigenvalue weighted by Crippen LogP contribution is -2.31. The summed E-state index contributed by atoms with van der Waals surface area (Å²) in [5.41, 5.74) is 2.37. The highest BCUT2D eigenvalue weighted by Crippen LogP contribution is 2.30. The number of carbonyl (C=O) groups is 2. The molecular weight excluding hydrogens is 376 g/mol. The van der Waals surface area contributed by atoms with Gasteiger partial charge in [-0.2, -0.15) is 0 Å². The van der Waals surface area contributed by atoms with Crippen LogP contribution in [0.25, 0.3) is 0 Å². The number of hydrogen-bond donors (Lipinski definition) is 3. The number of amides is 3. The van der Waals surface area contributed by atoms with Crippen molar-refractivity contribution in [3.63, 3.8) is 0 Å². The van der Waals surface area contributed by atoms with E-state index >= 15 is 0 Å². The van der Waals surface area contributed by atoms with Crippen LogP contribution < -0.4 is 20.9 Å². The number of piperidine rings is 1. The van der Waals surface area contributed by atoms with Gasteiger partial charge in [0.15, 0.2) is 0 Å². The van der Waals surface area contributed by atoms with Crippen molar-refractivity contribution in [3.8, 4) is 0 Å². The Morgan fingerprint density at radius 2 is 1.68 bits per heavy atom. The summed E-state index contributed by atoms with van der Waals surface area (Å²) < 4.78 is 0. The van der Waals surface area contributed by atoms with Gasteiger partial charge in [-0.25, -0.2) is 4.79 Å². The van der Waals surface area contributed by atoms with Crippen LogP contribution in [0.15, 0.2) is 48.5 Å². The Labute approximate surface area is 170 Å². The first kappa shape index (κ1) is 20.0. The molecule has 2 aromatic rings. The number of carbonyl (C=O) groups excluding carboxylic acids is 2. The molecule has 0 unspecified atom stereocenters. The molecule has 1 fully saturated rings. The Morgan fingerprint density at radius 1 is 0.929 bits per heavy atom. The van der Waals surface area contributed by atoms with Gasteiger partial charge in [-0.3, -0.25) is 4.79 Å². The van der Waals surface area contributed by atoms with E-state index in [0.717, 1.165) is 18.8 Å². The van der Waals surface area contributed by atoms with Crippen LogP contribution in [0.2, 0.25) is 5.02 Å². The topological polar surface area (TPSA) is 73.5 Å². The molecule has 7 heteroatoms. The highest BCUT2D eigenvalue weighted by Gasteiger charge is 2.14. The number of rotatable bonds is 6. The van der Waals surface area contributed by atoms with Crippen LogP contribution in [0.5, 0.6) is 0 Å². The van der Waals surface area contributed by atoms with Gasteiger partial charge in [0, 0.05) is 37.4 Å². The number of urea groups is 1. The van der Waals surface area contributed by atoms with Crippen molar-refractivity contribution in [3.05, 3.63) is 53.6 Å². The fourth-order valence-corrected chi connectivity index (χ4v) is 3.49. The molecule has 3 amide bonds. The van der Waals surface area contributed by atoms with Crippen molar-refractivity contribution in [2.24, 2.45) is 0 Å². The second-order valence-electron chi connectivity index (χ2n) is 6.76. The Hall–Kier alpha value is -2.73. The number of para-hydroxylation sites is 1. The van der Waals surface area contributed by atoms with Gasteiger partial charge in [-0.15, -0.1) is 0 Å². The Kier molecular flexibility index (Phi) is 7.14. The van der Waals surface area contributed by atoms with Gasteiger partial charge in [0.1, 0.15) is 0 Å². The highest BCUT2D eigenvalue weighted by atomic mass is 35.5. The minimum Gasteiger partial charge on any atom is -0.370 e. The second-order valence-corrected chi connectivity index (χ2v) is 7.17. The van der Waals surface area contributed by atoms with Crippen LogP contribution in [0, 0.1) is 0 Å². The summed E-state index contributed by atoms with van der Waals surface area (Å²) in [5.74, 6) is -0.179. The molecule has 0 atom stereocenters. The van der Waals surface area contributed by atoms with E-state index in [2.05, 4.69) is 20.9 Å². The Balaban J connectivity index is 1.43. The SMILES string of the molecule is O=C(CCNC(=O)Nc1ccccc1)Nc1ccc(N2CCCCC2)c(Cl)c1. The molecule has 1 aliphatic heterocycles. The average Bonchev–Trinajstić information content (AvgIpc) is 2.69. The molecule has 3 rings (SSSR count). The van der Waals surface area contributed by atoms with E-state index in [9.17, 15) is 9.59 Å². The zero-order chi connectivity index (χ0) is 19.8. The standard InChI is InChI=1S/C21H25ClN4O2/c22-18-15-17(9-10-19(18)26-13-5-2-6-14-26)24-20(27)11-12-23-21(28)25-16-7-3-1-4-8-16/h1,3-4,7-10,15H,2,5-6,11-14H2,(H,24,27)(H2,23,25,28). The first-order valence-corrected chi connectivity index (χ1v) is 9.94. The predicted molar refractivity (Wildman–Crippen MR) is 114 cm³/mol. The fourth-order valence-electron chi connectivity index (χ4n) is 3.19. The third-order valence-corrected chi connectivity index (χ3v) is 4.90. The van der Waals surface area contributed by atoms with Gasteiger partial charge in [-0.1, -0.05) is 29.8 Å². The fraction of sp³-hybridized carbons (Fsp3) is 0.333. The summed E-state index contributed by atoms with van der Waals surface area (Å²) in [4.78, 5) is 26.2. The molecule has 28 heavy (non-hydrogen) atoms. The molecule has 2 aromatic carbocycles. The van der Waals surface area contributed by atoms with E-state index < -0.39 is 0 Å². The lowest BCUT2D eigenvalue weighted by Gasteiger charge is -2.29. The van der Waals surface area contributed by atoms with Gasteiger partial charge < -0.3 is 20.9 Å². The number of nitrogens with zero attached hydrogens (tertiary/aromatic N) is 1. The maximum Gasteiger partial charge on any atom is 0.319 e. The number of nitrogens with one attached hydrogen (secondary N) is 3. The Morgan fingerprint density at radius 3 is 2.39 bits per heavy atom. The summed E-state index contributed by atoms with van der Waals surface area (Å²) in [5, 5.41) is 8.84. The van der Waals surface area contributed by atoms with E-state index in [-0.39, 0.29) is 24.9 Å². The van der Waals surface area contributed by atoms with E-state index in [1.54, 1.807) is 18.2 Å². The van der Waals surface area contributed by atoms with Crippen molar-refractivity contribution in [2.45, 2.75) is 25.7 Å². The normalized spacial score (nSPS) is 13.7. The van der Waals surface area contributed by atoms with Crippen LogP contribution in [0.1, 0.15) is 25.7 Å². The third-order valence-electron chi connectivity index (χ3n) is 4.60. The van der Waals surface area contributed by atoms with E-state index in [0.29, 0.717) is 16.4 Å². The molecule has 0 bridgehead atoms. The second kappa shape index (κ2) is 9.99. The molecule has 0 radical (unpaired) electrons. The molecule has 1 heterocycles. The summed E-state index contributed by atoms with van der Waals surface area (Å²) >= 11 is 6.41. The molecule has 3 N–H and O–H groups in total. The predicted octanol–water partition coefficient (Wildman–Crippen LogP) is 4.48. The van der Waals surface area contributed by atoms with Crippen molar-refractivity contribution in [1.82, 2.24) is 5.32 Å². The van der Waals surface area contributed by atoms with E-state index in [1.807, 2.05) is 30.3 Å². The van der Waals surface area contributed by atoms with Crippen molar-refractivity contribution in [2.75, 3.05) is 35.2 Å². The largest absolute Gasteiger partial charge is 0.370 e. The first-order valence-electron chi connectivity index (χ1n) is 9.56. The van der Waals surface area contributed by atoms with Crippen molar-refractivity contribution >= 4 is 40.6 Å². The molecule has 6 nitrogen and oxygen atoms in total. The number of anilines is 3. The lowest BCUT2D eigenvalue weighted by molar-refractivity contribution is -0.116. The van der Waals surface area contributed by atoms with E-state index in [4.69, 9.17) is 11.6 Å². The molecule has 148 valence electrons. The number of halogens is 1. The Bertz CT molecular complexity index is 807. The maximum atomic E-state index is 12.1. The summed E-state index contributed by atoms with van der Waals surface area (Å²) in [6.07, 6.45) is 3.80. The minimum absolute atomic E-state index is 0.174. The molecule has 0 saturated carbocycles. The quantitative estimate of drug-likeness (QED) is 0.669. The average molecular weight is 401 g/mol. The molecule has 1 saturated heterocycles. The summed E-state index contributed by atoms with van der Waals surface area (Å²) in [7, 11) is 0. The minimum atomic E-state index is -0.340. The van der Waals surface area contributed by atoms with Crippen molar-refractivity contribution in [1.29, 1.82) is 0 Å². The zero-order valence-corrected chi connectivity index (χ0v) is 16.5. The smallest absolute Gasteiger partial charge is 0.319 e. The number of benzene rings is 2. The van der Waals surface area contributed by atoms with Crippen LogP contribution in [0.3, 0.4) is 0 Å². The lowest BCUT2D eigenvalue weighted by atomic mass is 10.1. The van der Waals surface area contributed by atoms with Gasteiger partial charge in [0.2, 0.25) is 5.91 Å². The molecule has 0 aliphatic carbocycles. The van der Waals surface area contributed by atoms with Gasteiger partial charge >= 0.3 is 6.03 Å². The first-order chi connectivity index (χ1) is 13.6. The van der Waals surface area contributed by atoms with Crippen LogP contribution in [-0.4, -0.2) is 31.6 Å². The summed E-state index contributed by atoms with van der Waals surface area (Å²) in [6.45, 7) is 2.27. The van der Waals surface area contributed by atoms with Gasteiger partial charge in [0.25, 0.3) is 0 Å². The third kappa shape index (κ3) is 5.89.